The zero-order chi connectivity index (χ0) is 6.15. The molecule has 1 heterocycles. The first-order chi connectivity index (χ1) is 3.70. The monoisotopic (exact) mass is 234 g/mol. The molecule has 0 aliphatic rings. The zero-order valence-corrected chi connectivity index (χ0v) is 6.95. The van der Waals surface area contributed by atoms with E-state index in [1.54, 1.807) is 0 Å². The molecule has 0 unspecified atom stereocenters. The minimum Gasteiger partial charge on any atom is -0.345 e. The lowest BCUT2D eigenvalue weighted by molar-refractivity contribution is 1.38. The highest BCUT2D eigenvalue weighted by Gasteiger charge is 1.97. The highest BCUT2D eigenvalue weighted by molar-refractivity contribution is 9.13. The van der Waals surface area contributed by atoms with Crippen molar-refractivity contribution >= 4 is 45.4 Å². The first-order valence-corrected chi connectivity index (χ1v) is 3.45. The van der Waals surface area contributed by atoms with Crippen molar-refractivity contribution < 1.29 is 0 Å². The molecule has 1 aromatic rings. The van der Waals surface area contributed by atoms with E-state index in [0.717, 1.165) is 4.60 Å². The fourth-order valence-corrected chi connectivity index (χ4v) is 0.929. The summed E-state index contributed by atoms with van der Waals surface area (Å²) in [4.78, 5) is 6.55. The first kappa shape index (κ1) is 6.36. The van der Waals surface area contributed by atoms with Crippen molar-refractivity contribution in [1.82, 2.24) is 9.97 Å². The average Bonchev–Trinajstić information content (AvgIpc) is 1.85. The number of H-pyrrole nitrogens is 1. The Hall–Kier alpha value is 0.235. The smallest absolute Gasteiger partial charge is 0.167 e. The molecule has 1 rings (SSSR count). The maximum atomic E-state index is 5.25. The van der Waals surface area contributed by atoms with Crippen molar-refractivity contribution in [3.63, 3.8) is 0 Å². The molecule has 0 atom stereocenters. The number of nitrogens with zero attached hydrogens (tertiary/aromatic N) is 1. The number of imidazole rings is 1. The first-order valence-electron chi connectivity index (χ1n) is 1.86. The lowest BCUT2D eigenvalue weighted by Crippen LogP contribution is -2.05. The third-order valence-electron chi connectivity index (χ3n) is 0.638. The number of halogens is 2. The number of hydrogen-bond donors (Lipinski definition) is 1. The van der Waals surface area contributed by atoms with Gasteiger partial charge in [0.1, 0.15) is 9.21 Å². The molecular weight excluding hydrogens is 235 g/mol. The molecule has 0 spiro atoms. The van der Waals surface area contributed by atoms with Gasteiger partial charge in [0.25, 0.3) is 0 Å². The van der Waals surface area contributed by atoms with Crippen LogP contribution in [0.3, 0.4) is 0 Å². The normalized spacial score (nSPS) is 9.75. The summed E-state index contributed by atoms with van der Waals surface area (Å²) < 4.78 is 1.48. The van der Waals surface area contributed by atoms with Gasteiger partial charge in [-0.1, -0.05) is 0 Å². The van der Waals surface area contributed by atoms with Crippen molar-refractivity contribution in [2.45, 2.75) is 0 Å². The fourth-order valence-electron chi connectivity index (χ4n) is 0.347. The predicted octanol–water partition coefficient (Wildman–Crippen LogP) is 0.728. The fraction of sp³-hybridized carbons (Fsp3) is 0. The van der Waals surface area contributed by atoms with E-state index >= 15 is 0 Å². The summed E-state index contributed by atoms with van der Waals surface area (Å²) in [5.41, 5.74) is 0.406. The highest BCUT2D eigenvalue weighted by Crippen LogP contribution is 2.14. The number of nitrogens with one attached hydrogen (secondary N) is 1. The van der Waals surface area contributed by atoms with E-state index in [2.05, 4.69) is 41.8 Å². The van der Waals surface area contributed by atoms with Gasteiger partial charge in [-0.15, -0.1) is 0 Å². The van der Waals surface area contributed by atoms with Gasteiger partial charge in [0, 0.05) is 5.72 Å². The Morgan fingerprint density at radius 1 is 1.50 bits per heavy atom. The van der Waals surface area contributed by atoms with E-state index < -0.39 is 0 Å². The summed E-state index contributed by atoms with van der Waals surface area (Å²) in [5.74, 6) is 0. The van der Waals surface area contributed by atoms with Crippen LogP contribution in [0.15, 0.2) is 9.21 Å². The molecule has 40 valence electrons. The van der Waals surface area contributed by atoms with Gasteiger partial charge in [-0.25, -0.2) is 4.98 Å². The van der Waals surface area contributed by atoms with Crippen LogP contribution in [0.5, 0.6) is 0 Å². The second kappa shape index (κ2) is 2.23. The summed E-state index contributed by atoms with van der Waals surface area (Å²) in [7, 11) is 5.25. The molecule has 0 fully saturated rings. The summed E-state index contributed by atoms with van der Waals surface area (Å²) >= 11 is 6.32. The van der Waals surface area contributed by atoms with Crippen LogP contribution in [-0.2, 0) is 0 Å². The van der Waals surface area contributed by atoms with Gasteiger partial charge in [0.05, 0.1) is 0 Å². The second-order valence-electron chi connectivity index (χ2n) is 1.23. The molecule has 2 radical (unpaired) electrons. The van der Waals surface area contributed by atoms with Crippen LogP contribution in [-0.4, -0.2) is 17.8 Å². The highest BCUT2D eigenvalue weighted by atomic mass is 79.9. The Balaban J connectivity index is 3.14. The van der Waals surface area contributed by atoms with Crippen molar-refractivity contribution in [1.29, 1.82) is 0 Å². The van der Waals surface area contributed by atoms with Crippen LogP contribution in [0.25, 0.3) is 0 Å². The maximum absolute atomic E-state index is 5.25. The third-order valence-corrected chi connectivity index (χ3v) is 2.32. The molecule has 0 saturated carbocycles. The molecule has 0 amide bonds. The number of aromatic amines is 1. The van der Waals surface area contributed by atoms with Crippen LogP contribution in [0.4, 0.5) is 0 Å². The average molecular weight is 236 g/mol. The third kappa shape index (κ3) is 1.14. The second-order valence-corrected chi connectivity index (χ2v) is 2.77. The molecule has 0 aromatic carbocycles. The van der Waals surface area contributed by atoms with Gasteiger partial charge in [0.2, 0.25) is 0 Å². The lowest BCUT2D eigenvalue weighted by atomic mass is 10.1. The van der Waals surface area contributed by atoms with Crippen molar-refractivity contribution in [3.05, 3.63) is 9.21 Å². The molecule has 0 aliphatic carbocycles. The largest absolute Gasteiger partial charge is 0.345 e. The predicted molar refractivity (Wildman–Crippen MR) is 39.4 cm³/mol. The van der Waals surface area contributed by atoms with Gasteiger partial charge < -0.3 is 4.98 Å². The standard InChI is InChI=1S/C3HBBr2N2/c4-3-7-1(5)2(6)8-3/h(H,7,8). The molecule has 0 saturated heterocycles. The minimum absolute atomic E-state index is 0.406. The van der Waals surface area contributed by atoms with Gasteiger partial charge in [-0.3, -0.25) is 0 Å². The SMILES string of the molecule is [B]c1nc(Br)c(Br)[nH]1. The molecule has 5 heteroatoms. The molecular formula is C3HBBr2N2. The number of aromatic nitrogens is 2. The Kier molecular flexibility index (Phi) is 1.77. The Labute approximate surface area is 64.7 Å². The molecule has 0 aliphatic heterocycles. The van der Waals surface area contributed by atoms with E-state index in [4.69, 9.17) is 7.85 Å². The lowest BCUT2D eigenvalue weighted by Gasteiger charge is -1.74. The Bertz CT molecular complexity index is 178. The van der Waals surface area contributed by atoms with Gasteiger partial charge in [-0.05, 0) is 31.9 Å². The number of hydrogen-bond acceptors (Lipinski definition) is 1. The van der Waals surface area contributed by atoms with Crippen molar-refractivity contribution in [3.8, 4) is 0 Å². The van der Waals surface area contributed by atoms with E-state index in [-0.39, 0.29) is 0 Å². The van der Waals surface area contributed by atoms with Gasteiger partial charge in [-0.2, -0.15) is 0 Å². The Morgan fingerprint density at radius 2 is 2.12 bits per heavy atom. The van der Waals surface area contributed by atoms with E-state index in [1.807, 2.05) is 0 Å². The maximum Gasteiger partial charge on any atom is 0.167 e. The summed E-state index contributed by atoms with van der Waals surface area (Å²) in [6, 6.07) is 0. The molecule has 2 nitrogen and oxygen atoms in total. The molecule has 1 aromatic heterocycles. The Morgan fingerprint density at radius 3 is 2.25 bits per heavy atom. The summed E-state index contributed by atoms with van der Waals surface area (Å²) in [6.07, 6.45) is 0. The van der Waals surface area contributed by atoms with E-state index in [9.17, 15) is 0 Å². The number of rotatable bonds is 0. The summed E-state index contributed by atoms with van der Waals surface area (Å²) in [6.45, 7) is 0. The van der Waals surface area contributed by atoms with E-state index in [1.165, 1.54) is 0 Å². The minimum atomic E-state index is 0.406. The van der Waals surface area contributed by atoms with Gasteiger partial charge in [0.15, 0.2) is 7.85 Å². The molecule has 1 N–H and O–H groups in total. The van der Waals surface area contributed by atoms with Crippen molar-refractivity contribution in [2.24, 2.45) is 0 Å². The van der Waals surface area contributed by atoms with Crippen LogP contribution in [0, 0.1) is 0 Å². The molecule has 0 bridgehead atoms. The van der Waals surface area contributed by atoms with Crippen LogP contribution in [0.1, 0.15) is 0 Å². The van der Waals surface area contributed by atoms with E-state index in [0.29, 0.717) is 10.3 Å². The van der Waals surface area contributed by atoms with Gasteiger partial charge >= 0.3 is 0 Å². The van der Waals surface area contributed by atoms with Crippen LogP contribution in [0.2, 0.25) is 0 Å². The molecule has 8 heavy (non-hydrogen) atoms. The van der Waals surface area contributed by atoms with Crippen LogP contribution < -0.4 is 5.72 Å². The quantitative estimate of drug-likeness (QED) is 0.660. The van der Waals surface area contributed by atoms with Crippen LogP contribution >= 0.6 is 31.9 Å². The zero-order valence-electron chi connectivity index (χ0n) is 3.78. The topological polar surface area (TPSA) is 28.7 Å². The summed E-state index contributed by atoms with van der Waals surface area (Å²) in [5, 5.41) is 0. The van der Waals surface area contributed by atoms with Crippen molar-refractivity contribution in [2.75, 3.05) is 0 Å².